The van der Waals surface area contributed by atoms with E-state index in [9.17, 15) is 8.42 Å². The fourth-order valence-electron chi connectivity index (χ4n) is 4.64. The molecule has 144 valence electrons. The lowest BCUT2D eigenvalue weighted by molar-refractivity contribution is 0.133. The van der Waals surface area contributed by atoms with Crippen LogP contribution in [-0.2, 0) is 14.9 Å². The van der Waals surface area contributed by atoms with Crippen LogP contribution in [-0.4, -0.2) is 26.5 Å². The van der Waals surface area contributed by atoms with Gasteiger partial charge < -0.3 is 4.84 Å². The average molecular weight is 379 g/mol. The Morgan fingerprint density at radius 1 is 1.27 bits per heavy atom. The van der Waals surface area contributed by atoms with Crippen molar-refractivity contribution in [2.75, 3.05) is 17.1 Å². The zero-order valence-electron chi connectivity index (χ0n) is 16.0. The van der Waals surface area contributed by atoms with Crippen molar-refractivity contribution < 1.29 is 13.3 Å². The molecule has 2 aliphatic carbocycles. The lowest BCUT2D eigenvalue weighted by Gasteiger charge is -2.37. The molecule has 0 spiro atoms. The van der Waals surface area contributed by atoms with Gasteiger partial charge in [0.1, 0.15) is 6.61 Å². The predicted molar refractivity (Wildman–Crippen MR) is 106 cm³/mol. The van der Waals surface area contributed by atoms with E-state index < -0.39 is 15.4 Å². The van der Waals surface area contributed by atoms with Crippen LogP contribution < -0.4 is 4.72 Å². The summed E-state index contributed by atoms with van der Waals surface area (Å²) in [5, 5.41) is 4.43. The van der Waals surface area contributed by atoms with Crippen molar-refractivity contribution in [3.63, 3.8) is 0 Å². The molecule has 2 fully saturated rings. The monoisotopic (exact) mass is 378 g/mol. The highest BCUT2D eigenvalue weighted by Gasteiger charge is 2.64. The number of fused-ring (bicyclic) bond motifs is 2. The zero-order valence-corrected chi connectivity index (χ0v) is 16.8. The number of rotatable bonds is 8. The molecule has 5 nitrogen and oxygen atoms in total. The molecule has 6 heteroatoms. The number of unbranched alkanes of at least 4 members (excludes halogenated alkanes) is 1. The molecule has 2 unspecified atom stereocenters. The topological polar surface area (TPSA) is 67.8 Å². The normalized spacial score (nSPS) is 28.4. The maximum atomic E-state index is 12.9. The Kier molecular flexibility index (Phi) is 5.33. The number of nitrogens with zero attached hydrogens (tertiary/aromatic N) is 1. The first-order valence-electron chi connectivity index (χ1n) is 9.55. The summed E-state index contributed by atoms with van der Waals surface area (Å²) >= 11 is 0. The molecule has 2 bridgehead atoms. The first-order chi connectivity index (χ1) is 12.3. The summed E-state index contributed by atoms with van der Waals surface area (Å²) in [5.74, 6) is 0.539. The molecule has 1 aromatic carbocycles. The number of oxime groups is 1. The molecular weight excluding hydrogens is 348 g/mol. The van der Waals surface area contributed by atoms with Gasteiger partial charge >= 0.3 is 0 Å². The molecule has 0 radical (unpaired) electrons. The van der Waals surface area contributed by atoms with Crippen molar-refractivity contribution >= 4 is 21.4 Å². The van der Waals surface area contributed by atoms with Crippen LogP contribution in [0.3, 0.4) is 0 Å². The van der Waals surface area contributed by atoms with Gasteiger partial charge in [-0.2, -0.15) is 0 Å². The van der Waals surface area contributed by atoms with Gasteiger partial charge in [-0.15, -0.1) is 0 Å². The molecule has 1 N–H and O–H groups in total. The fourth-order valence-corrected chi connectivity index (χ4v) is 6.54. The third-order valence-electron chi connectivity index (χ3n) is 6.41. The van der Waals surface area contributed by atoms with E-state index in [1.807, 2.05) is 18.2 Å². The van der Waals surface area contributed by atoms with Crippen LogP contribution in [0.15, 0.2) is 35.5 Å². The van der Waals surface area contributed by atoms with Crippen LogP contribution >= 0.6 is 0 Å². The van der Waals surface area contributed by atoms with Gasteiger partial charge in [0.15, 0.2) is 0 Å². The Morgan fingerprint density at radius 2 is 2.00 bits per heavy atom. The fraction of sp³-hybridized carbons (Fsp3) is 0.650. The number of anilines is 1. The molecule has 0 saturated heterocycles. The van der Waals surface area contributed by atoms with Crippen molar-refractivity contribution in [2.24, 2.45) is 21.9 Å². The number of nitrogens with one attached hydrogen (secondary N) is 1. The molecule has 2 atom stereocenters. The molecule has 0 aliphatic heterocycles. The third kappa shape index (κ3) is 3.48. The van der Waals surface area contributed by atoms with Gasteiger partial charge in [-0.3, -0.25) is 4.72 Å². The highest BCUT2D eigenvalue weighted by molar-refractivity contribution is 7.92. The van der Waals surface area contributed by atoms with Crippen LogP contribution in [0.2, 0.25) is 0 Å². The molecule has 0 amide bonds. The first kappa shape index (κ1) is 19.2. The Labute approximate surface area is 157 Å². The van der Waals surface area contributed by atoms with Crippen molar-refractivity contribution in [3.05, 3.63) is 30.3 Å². The van der Waals surface area contributed by atoms with Gasteiger partial charge in [0.05, 0.1) is 11.5 Å². The van der Waals surface area contributed by atoms with Gasteiger partial charge in [-0.25, -0.2) is 8.42 Å². The lowest BCUT2D eigenvalue weighted by Crippen LogP contribution is -2.43. The Morgan fingerprint density at radius 3 is 2.65 bits per heavy atom. The Bertz CT molecular complexity index is 759. The van der Waals surface area contributed by atoms with E-state index in [2.05, 4.69) is 30.6 Å². The van der Waals surface area contributed by atoms with Crippen molar-refractivity contribution in [2.45, 2.75) is 52.9 Å². The highest BCUT2D eigenvalue weighted by atomic mass is 32.2. The van der Waals surface area contributed by atoms with E-state index in [-0.39, 0.29) is 11.2 Å². The summed E-state index contributed by atoms with van der Waals surface area (Å²) in [4.78, 5) is 5.53. The van der Waals surface area contributed by atoms with Crippen LogP contribution in [0, 0.1) is 16.7 Å². The molecule has 2 aliphatic rings. The summed E-state index contributed by atoms with van der Waals surface area (Å²) in [6.07, 6.45) is 4.78. The summed E-state index contributed by atoms with van der Waals surface area (Å²) < 4.78 is 28.6. The first-order valence-corrected chi connectivity index (χ1v) is 11.2. The van der Waals surface area contributed by atoms with Crippen molar-refractivity contribution in [3.8, 4) is 0 Å². The Hall–Kier alpha value is -1.56. The largest absolute Gasteiger partial charge is 0.396 e. The third-order valence-corrected chi connectivity index (χ3v) is 7.83. The second-order valence-electron chi connectivity index (χ2n) is 8.20. The number of benzene rings is 1. The Balaban J connectivity index is 1.83. The quantitative estimate of drug-likeness (QED) is 0.537. The molecule has 2 saturated carbocycles. The van der Waals surface area contributed by atoms with Crippen LogP contribution in [0.25, 0.3) is 0 Å². The van der Waals surface area contributed by atoms with E-state index in [4.69, 9.17) is 4.84 Å². The zero-order chi connectivity index (χ0) is 18.8. The molecule has 0 aromatic heterocycles. The van der Waals surface area contributed by atoms with Crippen LogP contribution in [0.5, 0.6) is 0 Å². The summed E-state index contributed by atoms with van der Waals surface area (Å²) in [7, 11) is -3.49. The molecule has 3 rings (SSSR count). The molecule has 1 aromatic rings. The molecule has 26 heavy (non-hydrogen) atoms. The van der Waals surface area contributed by atoms with Crippen LogP contribution in [0.1, 0.15) is 52.9 Å². The SMILES string of the molecule is CCCCON=C1CC2CCC1(CS(=O)(=O)Nc1ccccc1)C2(C)C. The second-order valence-corrected chi connectivity index (χ2v) is 9.92. The van der Waals surface area contributed by atoms with E-state index in [1.54, 1.807) is 12.1 Å². The van der Waals surface area contributed by atoms with E-state index in [1.165, 1.54) is 0 Å². The highest BCUT2D eigenvalue weighted by Crippen LogP contribution is 2.64. The smallest absolute Gasteiger partial charge is 0.233 e. The maximum Gasteiger partial charge on any atom is 0.233 e. The van der Waals surface area contributed by atoms with Crippen LogP contribution in [0.4, 0.5) is 5.69 Å². The van der Waals surface area contributed by atoms with Crippen molar-refractivity contribution in [1.82, 2.24) is 0 Å². The molecule has 0 heterocycles. The molecular formula is C20H30N2O3S. The van der Waals surface area contributed by atoms with Gasteiger partial charge in [0.2, 0.25) is 10.0 Å². The van der Waals surface area contributed by atoms with E-state index in [0.717, 1.165) is 37.8 Å². The van der Waals surface area contributed by atoms with E-state index >= 15 is 0 Å². The summed E-state index contributed by atoms with van der Waals surface area (Å²) in [6.45, 7) is 7.09. The second kappa shape index (κ2) is 7.22. The van der Waals surface area contributed by atoms with E-state index in [0.29, 0.717) is 18.2 Å². The van der Waals surface area contributed by atoms with Gasteiger partial charge in [0.25, 0.3) is 0 Å². The minimum absolute atomic E-state index is 0.0639. The predicted octanol–water partition coefficient (Wildman–Crippen LogP) is 4.43. The summed E-state index contributed by atoms with van der Waals surface area (Å²) in [5.41, 5.74) is 1.01. The number of hydrogen-bond acceptors (Lipinski definition) is 4. The number of hydrogen-bond donors (Lipinski definition) is 1. The number of sulfonamides is 1. The van der Waals surface area contributed by atoms with Gasteiger partial charge in [0, 0.05) is 11.1 Å². The summed E-state index contributed by atoms with van der Waals surface area (Å²) in [6, 6.07) is 9.08. The minimum atomic E-state index is -3.49. The average Bonchev–Trinajstić information content (AvgIpc) is 2.93. The maximum absolute atomic E-state index is 12.9. The van der Waals surface area contributed by atoms with Gasteiger partial charge in [-0.1, -0.05) is 50.5 Å². The van der Waals surface area contributed by atoms with Gasteiger partial charge in [-0.05, 0) is 49.1 Å². The minimum Gasteiger partial charge on any atom is -0.396 e. The lowest BCUT2D eigenvalue weighted by atomic mass is 9.70. The van der Waals surface area contributed by atoms with Crippen molar-refractivity contribution in [1.29, 1.82) is 0 Å². The number of para-hydroxylation sites is 1. The standard InChI is InChI=1S/C20H30N2O3S/c1-4-5-13-25-21-18-14-16-11-12-20(18,19(16,2)3)15-26(23,24)22-17-9-7-6-8-10-17/h6-10,16,22H,4-5,11-15H2,1-3H3.